The predicted octanol–water partition coefficient (Wildman–Crippen LogP) is 3.61. The third-order valence-electron chi connectivity index (χ3n) is 3.37. The summed E-state index contributed by atoms with van der Waals surface area (Å²) < 4.78 is 0. The van der Waals surface area contributed by atoms with Crippen molar-refractivity contribution in [2.45, 2.75) is 39.2 Å². The first-order valence-electron chi connectivity index (χ1n) is 5.92. The SMILES string of the molecule is Cc1cc(N)cc(Cl)c1N1CCCCC1C. The maximum atomic E-state index is 6.31. The molecule has 0 bridgehead atoms. The number of benzene rings is 1. The molecule has 1 saturated heterocycles. The largest absolute Gasteiger partial charge is 0.399 e. The molecule has 88 valence electrons. The minimum atomic E-state index is 0.577. The van der Waals surface area contributed by atoms with Gasteiger partial charge in [-0.3, -0.25) is 0 Å². The van der Waals surface area contributed by atoms with E-state index in [9.17, 15) is 0 Å². The van der Waals surface area contributed by atoms with E-state index >= 15 is 0 Å². The quantitative estimate of drug-likeness (QED) is 0.758. The number of nitrogens with two attached hydrogens (primary N) is 1. The van der Waals surface area contributed by atoms with Crippen molar-refractivity contribution in [3.05, 3.63) is 22.7 Å². The molecule has 3 heteroatoms. The zero-order valence-electron chi connectivity index (χ0n) is 9.96. The van der Waals surface area contributed by atoms with Gasteiger partial charge in [0.15, 0.2) is 0 Å². The van der Waals surface area contributed by atoms with Gasteiger partial charge in [-0.15, -0.1) is 0 Å². The first-order chi connectivity index (χ1) is 7.59. The Morgan fingerprint density at radius 3 is 2.75 bits per heavy atom. The van der Waals surface area contributed by atoms with E-state index in [2.05, 4.69) is 18.7 Å². The molecule has 1 aromatic rings. The molecule has 1 aliphatic rings. The minimum absolute atomic E-state index is 0.577. The summed E-state index contributed by atoms with van der Waals surface area (Å²) in [5.41, 5.74) is 8.88. The van der Waals surface area contributed by atoms with Crippen LogP contribution in [0.1, 0.15) is 31.7 Å². The van der Waals surface area contributed by atoms with Gasteiger partial charge in [-0.25, -0.2) is 0 Å². The molecular formula is C13H19ClN2. The number of hydrogen-bond donors (Lipinski definition) is 1. The summed E-state index contributed by atoms with van der Waals surface area (Å²) in [6.07, 6.45) is 3.83. The summed E-state index contributed by atoms with van der Waals surface area (Å²) in [5.74, 6) is 0. The fraction of sp³-hybridized carbons (Fsp3) is 0.538. The molecule has 1 heterocycles. The molecule has 1 fully saturated rings. The molecule has 2 N–H and O–H groups in total. The summed E-state index contributed by atoms with van der Waals surface area (Å²) in [4.78, 5) is 2.42. The predicted molar refractivity (Wildman–Crippen MR) is 71.3 cm³/mol. The molecule has 0 amide bonds. The highest BCUT2D eigenvalue weighted by molar-refractivity contribution is 6.33. The fourth-order valence-electron chi connectivity index (χ4n) is 2.56. The molecule has 16 heavy (non-hydrogen) atoms. The normalized spacial score (nSPS) is 21.2. The lowest BCUT2D eigenvalue weighted by atomic mass is 10.0. The smallest absolute Gasteiger partial charge is 0.0662 e. The van der Waals surface area contributed by atoms with Gasteiger partial charge in [0.05, 0.1) is 10.7 Å². The number of piperidine rings is 1. The van der Waals surface area contributed by atoms with Gasteiger partial charge in [-0.05, 0) is 50.8 Å². The van der Waals surface area contributed by atoms with Crippen molar-refractivity contribution in [3.8, 4) is 0 Å². The van der Waals surface area contributed by atoms with Crippen molar-refractivity contribution in [1.29, 1.82) is 0 Å². The molecule has 0 spiro atoms. The number of aryl methyl sites for hydroxylation is 1. The van der Waals surface area contributed by atoms with Crippen molar-refractivity contribution < 1.29 is 0 Å². The van der Waals surface area contributed by atoms with Crippen LogP contribution < -0.4 is 10.6 Å². The maximum absolute atomic E-state index is 6.31. The lowest BCUT2D eigenvalue weighted by molar-refractivity contribution is 0.484. The van der Waals surface area contributed by atoms with Crippen LogP contribution in [0.4, 0.5) is 11.4 Å². The van der Waals surface area contributed by atoms with Crippen LogP contribution in [0.3, 0.4) is 0 Å². The number of anilines is 2. The third-order valence-corrected chi connectivity index (χ3v) is 3.65. The van der Waals surface area contributed by atoms with Gasteiger partial charge >= 0.3 is 0 Å². The summed E-state index contributed by atoms with van der Waals surface area (Å²) in [6, 6.07) is 4.43. The Kier molecular flexibility index (Phi) is 3.29. The second kappa shape index (κ2) is 4.54. The van der Waals surface area contributed by atoms with Crippen molar-refractivity contribution in [2.75, 3.05) is 17.2 Å². The van der Waals surface area contributed by atoms with Gasteiger partial charge in [-0.2, -0.15) is 0 Å². The van der Waals surface area contributed by atoms with Crippen molar-refractivity contribution in [2.24, 2.45) is 0 Å². The van der Waals surface area contributed by atoms with E-state index in [0.717, 1.165) is 17.3 Å². The molecule has 0 radical (unpaired) electrons. The number of rotatable bonds is 1. The second-order valence-electron chi connectivity index (χ2n) is 4.71. The number of nitrogens with zero attached hydrogens (tertiary/aromatic N) is 1. The molecule has 1 atom stereocenters. The summed E-state index contributed by atoms with van der Waals surface area (Å²) >= 11 is 6.31. The molecule has 1 aliphatic heterocycles. The van der Waals surface area contributed by atoms with Crippen molar-refractivity contribution in [1.82, 2.24) is 0 Å². The first-order valence-corrected chi connectivity index (χ1v) is 6.29. The Hall–Kier alpha value is -0.890. The van der Waals surface area contributed by atoms with E-state index in [0.29, 0.717) is 6.04 Å². The second-order valence-corrected chi connectivity index (χ2v) is 5.11. The van der Waals surface area contributed by atoms with Crippen LogP contribution in [0, 0.1) is 6.92 Å². The minimum Gasteiger partial charge on any atom is -0.399 e. The standard InChI is InChI=1S/C13H19ClN2/c1-9-7-11(15)8-12(14)13(9)16-6-4-3-5-10(16)2/h7-8,10H,3-6,15H2,1-2H3. The van der Waals surface area contributed by atoms with Gasteiger partial charge in [0.2, 0.25) is 0 Å². The van der Waals surface area contributed by atoms with Crippen molar-refractivity contribution >= 4 is 23.0 Å². The molecular weight excluding hydrogens is 220 g/mol. The average molecular weight is 239 g/mol. The molecule has 1 aromatic carbocycles. The van der Waals surface area contributed by atoms with Crippen LogP contribution in [-0.4, -0.2) is 12.6 Å². The highest BCUT2D eigenvalue weighted by Crippen LogP contribution is 2.35. The number of nitrogen functional groups attached to an aromatic ring is 1. The summed E-state index contributed by atoms with van der Waals surface area (Å²) in [6.45, 7) is 5.45. The van der Waals surface area contributed by atoms with E-state index in [1.807, 2.05) is 12.1 Å². The maximum Gasteiger partial charge on any atom is 0.0662 e. The van der Waals surface area contributed by atoms with Crippen LogP contribution >= 0.6 is 11.6 Å². The monoisotopic (exact) mass is 238 g/mol. The van der Waals surface area contributed by atoms with Gasteiger partial charge < -0.3 is 10.6 Å². The van der Waals surface area contributed by atoms with Crippen LogP contribution in [0.2, 0.25) is 5.02 Å². The first kappa shape index (κ1) is 11.6. The Morgan fingerprint density at radius 2 is 2.12 bits per heavy atom. The van der Waals surface area contributed by atoms with Gasteiger partial charge in [0.25, 0.3) is 0 Å². The summed E-state index contributed by atoms with van der Waals surface area (Å²) in [5, 5.41) is 0.784. The molecule has 2 rings (SSSR count). The van der Waals surface area contributed by atoms with Gasteiger partial charge in [0.1, 0.15) is 0 Å². The zero-order chi connectivity index (χ0) is 11.7. The van der Waals surface area contributed by atoms with E-state index in [-0.39, 0.29) is 0 Å². The van der Waals surface area contributed by atoms with E-state index in [1.54, 1.807) is 0 Å². The van der Waals surface area contributed by atoms with E-state index in [1.165, 1.54) is 30.5 Å². The van der Waals surface area contributed by atoms with Gasteiger partial charge in [0, 0.05) is 18.3 Å². The van der Waals surface area contributed by atoms with Crippen LogP contribution in [-0.2, 0) is 0 Å². The number of halogens is 1. The van der Waals surface area contributed by atoms with Gasteiger partial charge in [-0.1, -0.05) is 11.6 Å². The van der Waals surface area contributed by atoms with Crippen LogP contribution in [0.15, 0.2) is 12.1 Å². The van der Waals surface area contributed by atoms with Crippen LogP contribution in [0.25, 0.3) is 0 Å². The molecule has 0 aromatic heterocycles. The Morgan fingerprint density at radius 1 is 1.38 bits per heavy atom. The Labute approximate surface area is 102 Å². The molecule has 2 nitrogen and oxygen atoms in total. The highest BCUT2D eigenvalue weighted by atomic mass is 35.5. The van der Waals surface area contributed by atoms with E-state index in [4.69, 9.17) is 17.3 Å². The lowest BCUT2D eigenvalue weighted by Crippen LogP contribution is -2.38. The topological polar surface area (TPSA) is 29.3 Å². The fourth-order valence-corrected chi connectivity index (χ4v) is 2.94. The number of hydrogen-bond acceptors (Lipinski definition) is 2. The average Bonchev–Trinajstić information content (AvgIpc) is 2.19. The summed E-state index contributed by atoms with van der Waals surface area (Å²) in [7, 11) is 0. The Bertz CT molecular complexity index is 367. The van der Waals surface area contributed by atoms with Crippen molar-refractivity contribution in [3.63, 3.8) is 0 Å². The lowest BCUT2D eigenvalue weighted by Gasteiger charge is -2.37. The molecule has 0 saturated carbocycles. The zero-order valence-corrected chi connectivity index (χ0v) is 10.7. The van der Waals surface area contributed by atoms with E-state index < -0.39 is 0 Å². The Balaban J connectivity index is 2.38. The molecule has 1 unspecified atom stereocenters. The molecule has 0 aliphatic carbocycles. The van der Waals surface area contributed by atoms with Crippen LogP contribution in [0.5, 0.6) is 0 Å². The third kappa shape index (κ3) is 2.12. The highest BCUT2D eigenvalue weighted by Gasteiger charge is 2.22.